The van der Waals surface area contributed by atoms with Crippen LogP contribution in [0.15, 0.2) is 42.6 Å². The van der Waals surface area contributed by atoms with Crippen LogP contribution in [0, 0.1) is 6.92 Å². The molecule has 0 saturated carbocycles. The molecule has 4 rings (SSSR count). The third kappa shape index (κ3) is 4.00. The molecule has 0 unspecified atom stereocenters. The van der Waals surface area contributed by atoms with Gasteiger partial charge >= 0.3 is 0 Å². The Morgan fingerprint density at radius 2 is 2.08 bits per heavy atom. The summed E-state index contributed by atoms with van der Waals surface area (Å²) in [6, 6.07) is 12.6. The molecule has 0 spiro atoms. The van der Waals surface area contributed by atoms with Gasteiger partial charge < -0.3 is 14.4 Å². The maximum atomic E-state index is 5.92. The average Bonchev–Trinajstić information content (AvgIpc) is 3.09. The van der Waals surface area contributed by atoms with E-state index in [4.69, 9.17) is 9.47 Å². The summed E-state index contributed by atoms with van der Waals surface area (Å²) >= 11 is 0. The van der Waals surface area contributed by atoms with E-state index in [0.29, 0.717) is 6.61 Å². The SMILES string of the molecule is Cc1ncccc1OC[C@H]1CN(CCN2CCc3ccccc32)CCO1. The van der Waals surface area contributed by atoms with Gasteiger partial charge in [-0.1, -0.05) is 18.2 Å². The Hall–Kier alpha value is -2.11. The fraction of sp³-hybridized carbons (Fsp3) is 0.476. The number of hydrogen-bond acceptors (Lipinski definition) is 5. The minimum absolute atomic E-state index is 0.120. The quantitative estimate of drug-likeness (QED) is 0.798. The number of pyridine rings is 1. The summed E-state index contributed by atoms with van der Waals surface area (Å²) in [4.78, 5) is 9.27. The first-order chi connectivity index (χ1) is 12.8. The summed E-state index contributed by atoms with van der Waals surface area (Å²) in [5.41, 5.74) is 3.81. The number of rotatable bonds is 6. The van der Waals surface area contributed by atoms with Gasteiger partial charge in [-0.05, 0) is 37.1 Å². The minimum atomic E-state index is 0.120. The first kappa shape index (κ1) is 17.3. The van der Waals surface area contributed by atoms with Gasteiger partial charge in [-0.3, -0.25) is 9.88 Å². The normalized spacial score (nSPS) is 20.2. The van der Waals surface area contributed by atoms with Crippen LogP contribution >= 0.6 is 0 Å². The van der Waals surface area contributed by atoms with Gasteiger partial charge in [0.2, 0.25) is 0 Å². The second-order valence-electron chi connectivity index (χ2n) is 7.06. The zero-order chi connectivity index (χ0) is 17.8. The zero-order valence-corrected chi connectivity index (χ0v) is 15.4. The molecule has 1 atom stereocenters. The van der Waals surface area contributed by atoms with E-state index < -0.39 is 0 Å². The van der Waals surface area contributed by atoms with Crippen molar-refractivity contribution in [3.63, 3.8) is 0 Å². The average molecular weight is 353 g/mol. The molecule has 0 radical (unpaired) electrons. The lowest BCUT2D eigenvalue weighted by molar-refractivity contribution is -0.0471. The van der Waals surface area contributed by atoms with Crippen LogP contribution in [-0.4, -0.2) is 61.9 Å². The monoisotopic (exact) mass is 353 g/mol. The molecule has 2 aliphatic rings. The molecule has 5 heteroatoms. The second kappa shape index (κ2) is 8.06. The van der Waals surface area contributed by atoms with Crippen LogP contribution in [0.1, 0.15) is 11.3 Å². The molecule has 0 N–H and O–H groups in total. The van der Waals surface area contributed by atoms with Crippen LogP contribution < -0.4 is 9.64 Å². The first-order valence-corrected chi connectivity index (χ1v) is 9.51. The predicted octanol–water partition coefficient (Wildman–Crippen LogP) is 2.53. The third-order valence-electron chi connectivity index (χ3n) is 5.28. The van der Waals surface area contributed by atoms with Crippen molar-refractivity contribution in [2.75, 3.05) is 50.8 Å². The van der Waals surface area contributed by atoms with Crippen molar-refractivity contribution in [2.45, 2.75) is 19.4 Å². The molecule has 0 bridgehead atoms. The summed E-state index contributed by atoms with van der Waals surface area (Å²) in [7, 11) is 0. The molecular formula is C21H27N3O2. The Labute approximate surface area is 155 Å². The smallest absolute Gasteiger partial charge is 0.140 e. The topological polar surface area (TPSA) is 37.8 Å². The van der Waals surface area contributed by atoms with Crippen LogP contribution in [0.5, 0.6) is 5.75 Å². The Bertz CT molecular complexity index is 737. The fourth-order valence-electron chi connectivity index (χ4n) is 3.79. The molecule has 1 aromatic carbocycles. The van der Waals surface area contributed by atoms with E-state index >= 15 is 0 Å². The highest BCUT2D eigenvalue weighted by atomic mass is 16.5. The highest BCUT2D eigenvalue weighted by Gasteiger charge is 2.23. The number of nitrogens with zero attached hydrogens (tertiary/aromatic N) is 3. The summed E-state index contributed by atoms with van der Waals surface area (Å²) in [5, 5.41) is 0. The van der Waals surface area contributed by atoms with Crippen molar-refractivity contribution >= 4 is 5.69 Å². The van der Waals surface area contributed by atoms with Crippen molar-refractivity contribution in [2.24, 2.45) is 0 Å². The van der Waals surface area contributed by atoms with Gasteiger partial charge in [0.15, 0.2) is 0 Å². The summed E-state index contributed by atoms with van der Waals surface area (Å²) in [6.07, 6.45) is 3.08. The van der Waals surface area contributed by atoms with Gasteiger partial charge in [0.05, 0.1) is 12.3 Å². The lowest BCUT2D eigenvalue weighted by Gasteiger charge is -2.34. The number of benzene rings is 1. The van der Waals surface area contributed by atoms with Gasteiger partial charge in [0.25, 0.3) is 0 Å². The molecule has 1 fully saturated rings. The van der Waals surface area contributed by atoms with Crippen molar-refractivity contribution < 1.29 is 9.47 Å². The molecule has 3 heterocycles. The molecule has 0 aliphatic carbocycles. The number of aromatic nitrogens is 1. The van der Waals surface area contributed by atoms with Crippen molar-refractivity contribution in [3.8, 4) is 5.75 Å². The molecule has 26 heavy (non-hydrogen) atoms. The summed E-state index contributed by atoms with van der Waals surface area (Å²) in [5.74, 6) is 0.849. The van der Waals surface area contributed by atoms with Crippen molar-refractivity contribution in [3.05, 3.63) is 53.9 Å². The Balaban J connectivity index is 1.26. The van der Waals surface area contributed by atoms with Crippen LogP contribution in [0.2, 0.25) is 0 Å². The Morgan fingerprint density at radius 3 is 3.00 bits per heavy atom. The van der Waals surface area contributed by atoms with E-state index in [2.05, 4.69) is 39.0 Å². The molecule has 138 valence electrons. The van der Waals surface area contributed by atoms with Gasteiger partial charge in [-0.15, -0.1) is 0 Å². The number of para-hydroxylation sites is 1. The highest BCUT2D eigenvalue weighted by Crippen LogP contribution is 2.27. The molecule has 2 aliphatic heterocycles. The first-order valence-electron chi connectivity index (χ1n) is 9.51. The molecular weight excluding hydrogens is 326 g/mol. The lowest BCUT2D eigenvalue weighted by atomic mass is 10.2. The van der Waals surface area contributed by atoms with Gasteiger partial charge in [-0.2, -0.15) is 0 Å². The highest BCUT2D eigenvalue weighted by molar-refractivity contribution is 5.57. The van der Waals surface area contributed by atoms with E-state index in [1.165, 1.54) is 17.7 Å². The summed E-state index contributed by atoms with van der Waals surface area (Å²) in [6.45, 7) is 8.53. The van der Waals surface area contributed by atoms with Gasteiger partial charge in [0, 0.05) is 44.6 Å². The summed E-state index contributed by atoms with van der Waals surface area (Å²) < 4.78 is 11.8. The number of aryl methyl sites for hydroxylation is 1. The molecule has 5 nitrogen and oxygen atoms in total. The van der Waals surface area contributed by atoms with E-state index in [1.807, 2.05) is 19.1 Å². The van der Waals surface area contributed by atoms with Crippen LogP contribution in [0.3, 0.4) is 0 Å². The Kier molecular flexibility index (Phi) is 5.37. The number of hydrogen-bond donors (Lipinski definition) is 0. The molecule has 0 amide bonds. The number of fused-ring (bicyclic) bond motifs is 1. The number of ether oxygens (including phenoxy) is 2. The largest absolute Gasteiger partial charge is 0.489 e. The van der Waals surface area contributed by atoms with E-state index in [0.717, 1.165) is 50.8 Å². The van der Waals surface area contributed by atoms with Crippen LogP contribution in [-0.2, 0) is 11.2 Å². The lowest BCUT2D eigenvalue weighted by Crippen LogP contribution is -2.47. The van der Waals surface area contributed by atoms with E-state index in [9.17, 15) is 0 Å². The zero-order valence-electron chi connectivity index (χ0n) is 15.4. The number of anilines is 1. The predicted molar refractivity (Wildman–Crippen MR) is 103 cm³/mol. The Morgan fingerprint density at radius 1 is 1.15 bits per heavy atom. The van der Waals surface area contributed by atoms with Gasteiger partial charge in [0.1, 0.15) is 18.5 Å². The fourth-order valence-corrected chi connectivity index (χ4v) is 3.79. The molecule has 1 aromatic heterocycles. The van der Waals surface area contributed by atoms with Crippen LogP contribution in [0.4, 0.5) is 5.69 Å². The maximum absolute atomic E-state index is 5.92. The van der Waals surface area contributed by atoms with Crippen molar-refractivity contribution in [1.82, 2.24) is 9.88 Å². The molecule has 1 saturated heterocycles. The maximum Gasteiger partial charge on any atom is 0.140 e. The minimum Gasteiger partial charge on any atom is -0.489 e. The third-order valence-corrected chi connectivity index (χ3v) is 5.28. The second-order valence-corrected chi connectivity index (χ2v) is 7.06. The van der Waals surface area contributed by atoms with Crippen molar-refractivity contribution in [1.29, 1.82) is 0 Å². The molecule has 2 aromatic rings. The van der Waals surface area contributed by atoms with E-state index in [1.54, 1.807) is 6.20 Å². The standard InChI is InChI=1S/C21H27N3O2/c1-17-21(7-4-9-22-17)26-16-19-15-23(13-14-25-19)11-12-24-10-8-18-5-2-3-6-20(18)24/h2-7,9,19H,8,10-16H2,1H3/t19-/m1/s1. The van der Waals surface area contributed by atoms with Gasteiger partial charge in [-0.25, -0.2) is 0 Å². The van der Waals surface area contributed by atoms with Crippen LogP contribution in [0.25, 0.3) is 0 Å². The van der Waals surface area contributed by atoms with E-state index in [-0.39, 0.29) is 6.10 Å². The number of morpholine rings is 1.